The van der Waals surface area contributed by atoms with Crippen LogP contribution in [-0.4, -0.2) is 22.3 Å². The van der Waals surface area contributed by atoms with Crippen molar-refractivity contribution in [1.82, 2.24) is 5.32 Å². The highest BCUT2D eigenvalue weighted by atomic mass is 35.5. The Morgan fingerprint density at radius 2 is 2.20 bits per heavy atom. The van der Waals surface area contributed by atoms with Crippen molar-refractivity contribution in [1.29, 1.82) is 0 Å². The first-order valence-corrected chi connectivity index (χ1v) is 9.24. The Hall–Kier alpha value is -0.380. The maximum atomic E-state index is 11.2. The zero-order valence-electron chi connectivity index (χ0n) is 12.7. The third-order valence-corrected chi connectivity index (χ3v) is 5.18. The number of hydrogen-bond acceptors (Lipinski definition) is 2. The number of halogens is 1. The van der Waals surface area contributed by atoms with Crippen LogP contribution in [0.3, 0.4) is 0 Å². The lowest BCUT2D eigenvalue weighted by Gasteiger charge is -2.31. The molecule has 112 valence electrons. The quantitative estimate of drug-likeness (QED) is 0.898. The van der Waals surface area contributed by atoms with Gasteiger partial charge in [-0.25, -0.2) is 0 Å². The van der Waals surface area contributed by atoms with Crippen LogP contribution < -0.4 is 5.32 Å². The third-order valence-electron chi connectivity index (χ3n) is 4.14. The van der Waals surface area contributed by atoms with E-state index in [0.29, 0.717) is 12.1 Å². The van der Waals surface area contributed by atoms with Crippen molar-refractivity contribution >= 4 is 22.4 Å². The molecule has 0 aromatic heterocycles. The molecule has 3 atom stereocenters. The van der Waals surface area contributed by atoms with E-state index in [4.69, 9.17) is 11.6 Å². The first-order chi connectivity index (χ1) is 9.29. The summed E-state index contributed by atoms with van der Waals surface area (Å²) < 4.78 is 11.2. The summed E-state index contributed by atoms with van der Waals surface area (Å²) in [5.74, 6) is 0.754. The highest BCUT2D eigenvalue weighted by molar-refractivity contribution is 7.84. The van der Waals surface area contributed by atoms with Gasteiger partial charge in [0.2, 0.25) is 0 Å². The predicted molar refractivity (Wildman–Crippen MR) is 87.8 cm³/mol. The fourth-order valence-corrected chi connectivity index (χ4v) is 3.90. The molecule has 3 unspecified atom stereocenters. The van der Waals surface area contributed by atoms with Gasteiger partial charge in [0.15, 0.2) is 0 Å². The average Bonchev–Trinajstić information content (AvgIpc) is 2.58. The summed E-state index contributed by atoms with van der Waals surface area (Å²) in [6.45, 7) is 6.76. The number of rotatable bonds is 5. The van der Waals surface area contributed by atoms with Gasteiger partial charge in [0.1, 0.15) is 0 Å². The largest absolute Gasteiger partial charge is 0.307 e. The van der Waals surface area contributed by atoms with E-state index in [-0.39, 0.29) is 5.41 Å². The van der Waals surface area contributed by atoms with Gasteiger partial charge in [0, 0.05) is 39.9 Å². The molecule has 2 rings (SSSR count). The number of fused-ring (bicyclic) bond motifs is 1. The number of hydrogen-bond donors (Lipinski definition) is 1. The van der Waals surface area contributed by atoms with Crippen LogP contribution in [0.1, 0.15) is 44.4 Å². The molecular formula is C16H24ClNOS. The van der Waals surface area contributed by atoms with Crippen LogP contribution in [0.15, 0.2) is 18.2 Å². The van der Waals surface area contributed by atoms with Gasteiger partial charge >= 0.3 is 0 Å². The van der Waals surface area contributed by atoms with E-state index >= 15 is 0 Å². The van der Waals surface area contributed by atoms with Crippen molar-refractivity contribution in [3.05, 3.63) is 34.3 Å². The monoisotopic (exact) mass is 313 g/mol. The molecule has 1 aliphatic carbocycles. The van der Waals surface area contributed by atoms with Gasteiger partial charge in [0.25, 0.3) is 0 Å². The molecule has 0 radical (unpaired) electrons. The van der Waals surface area contributed by atoms with Crippen molar-refractivity contribution in [3.63, 3.8) is 0 Å². The van der Waals surface area contributed by atoms with Gasteiger partial charge in [-0.05, 0) is 48.4 Å². The second-order valence-corrected chi connectivity index (χ2v) is 8.57. The molecule has 1 aliphatic rings. The van der Waals surface area contributed by atoms with Gasteiger partial charge in [0.05, 0.1) is 0 Å². The summed E-state index contributed by atoms with van der Waals surface area (Å²) in [6, 6.07) is 6.88. The minimum Gasteiger partial charge on any atom is -0.307 e. The third kappa shape index (κ3) is 3.63. The standard InChI is InChI=1S/C16H24ClNOS/c1-11(7-8-20(4)19)18-15-14-9-13(17)6-5-12(14)10-16(15,2)3/h5-6,9,11,15,18H,7-8,10H2,1-4H3. The summed E-state index contributed by atoms with van der Waals surface area (Å²) in [6.07, 6.45) is 3.77. The van der Waals surface area contributed by atoms with E-state index in [1.807, 2.05) is 6.07 Å². The lowest BCUT2D eigenvalue weighted by molar-refractivity contribution is 0.250. The van der Waals surface area contributed by atoms with Crippen molar-refractivity contribution in [2.45, 2.75) is 45.7 Å². The number of nitrogens with one attached hydrogen (secondary N) is 1. The average molecular weight is 314 g/mol. The molecular weight excluding hydrogens is 290 g/mol. The molecule has 0 saturated carbocycles. The van der Waals surface area contributed by atoms with E-state index < -0.39 is 10.8 Å². The molecule has 4 heteroatoms. The van der Waals surface area contributed by atoms with Crippen molar-refractivity contribution in [2.24, 2.45) is 5.41 Å². The molecule has 2 nitrogen and oxygen atoms in total. The van der Waals surface area contributed by atoms with Gasteiger partial charge < -0.3 is 5.32 Å². The molecule has 0 saturated heterocycles. The van der Waals surface area contributed by atoms with E-state index in [0.717, 1.165) is 23.6 Å². The first kappa shape index (κ1) is 16.0. The SMILES string of the molecule is CC(CCS(C)=O)NC1c2cc(Cl)ccc2CC1(C)C. The summed E-state index contributed by atoms with van der Waals surface area (Å²) in [4.78, 5) is 0. The van der Waals surface area contributed by atoms with Crippen LogP contribution in [-0.2, 0) is 17.2 Å². The molecule has 0 aliphatic heterocycles. The van der Waals surface area contributed by atoms with E-state index in [2.05, 4.69) is 38.2 Å². The first-order valence-electron chi connectivity index (χ1n) is 7.14. The Morgan fingerprint density at radius 1 is 1.50 bits per heavy atom. The van der Waals surface area contributed by atoms with Gasteiger partial charge in [-0.15, -0.1) is 0 Å². The van der Waals surface area contributed by atoms with Crippen molar-refractivity contribution in [2.75, 3.05) is 12.0 Å². The maximum absolute atomic E-state index is 11.2. The van der Waals surface area contributed by atoms with Crippen LogP contribution in [0.4, 0.5) is 0 Å². The predicted octanol–water partition coefficient (Wildman–Crippen LogP) is 3.71. The fraction of sp³-hybridized carbons (Fsp3) is 0.625. The normalized spacial score (nSPS) is 23.4. The molecule has 20 heavy (non-hydrogen) atoms. The Bertz CT molecular complexity index is 515. The van der Waals surface area contributed by atoms with Gasteiger partial charge in [-0.1, -0.05) is 31.5 Å². The minimum atomic E-state index is -0.718. The van der Waals surface area contributed by atoms with Crippen molar-refractivity contribution in [3.8, 4) is 0 Å². The summed E-state index contributed by atoms with van der Waals surface area (Å²) in [5.41, 5.74) is 2.90. The second kappa shape index (κ2) is 6.17. The van der Waals surface area contributed by atoms with Gasteiger partial charge in [-0.3, -0.25) is 4.21 Å². The van der Waals surface area contributed by atoms with Crippen LogP contribution in [0.5, 0.6) is 0 Å². The molecule has 1 N–H and O–H groups in total. The van der Waals surface area contributed by atoms with E-state index in [1.165, 1.54) is 11.1 Å². The maximum Gasteiger partial charge on any atom is 0.0409 e. The lowest BCUT2D eigenvalue weighted by Crippen LogP contribution is -2.37. The summed E-state index contributed by atoms with van der Waals surface area (Å²) in [7, 11) is -0.718. The molecule has 0 amide bonds. The van der Waals surface area contributed by atoms with Crippen LogP contribution >= 0.6 is 11.6 Å². The van der Waals surface area contributed by atoms with Crippen LogP contribution in [0.2, 0.25) is 5.02 Å². The Morgan fingerprint density at radius 3 is 2.85 bits per heavy atom. The zero-order valence-corrected chi connectivity index (χ0v) is 14.3. The highest BCUT2D eigenvalue weighted by Crippen LogP contribution is 2.46. The van der Waals surface area contributed by atoms with Crippen LogP contribution in [0, 0.1) is 5.41 Å². The molecule has 0 spiro atoms. The summed E-state index contributed by atoms with van der Waals surface area (Å²) >= 11 is 6.15. The molecule has 1 aromatic carbocycles. The number of benzene rings is 1. The second-order valence-electron chi connectivity index (χ2n) is 6.58. The fourth-order valence-electron chi connectivity index (χ4n) is 3.04. The molecule has 0 fully saturated rings. The molecule has 0 bridgehead atoms. The molecule has 0 heterocycles. The van der Waals surface area contributed by atoms with Crippen molar-refractivity contribution < 1.29 is 4.21 Å². The lowest BCUT2D eigenvalue weighted by atomic mass is 9.85. The minimum absolute atomic E-state index is 0.187. The molecule has 1 aromatic rings. The Balaban J connectivity index is 2.14. The van der Waals surface area contributed by atoms with Crippen LogP contribution in [0.25, 0.3) is 0 Å². The highest BCUT2D eigenvalue weighted by Gasteiger charge is 2.39. The van der Waals surface area contributed by atoms with Gasteiger partial charge in [-0.2, -0.15) is 0 Å². The zero-order chi connectivity index (χ0) is 14.9. The topological polar surface area (TPSA) is 29.1 Å². The Kier molecular flexibility index (Phi) is 4.93. The van der Waals surface area contributed by atoms with E-state index in [9.17, 15) is 4.21 Å². The smallest absolute Gasteiger partial charge is 0.0409 e. The summed E-state index contributed by atoms with van der Waals surface area (Å²) in [5, 5.41) is 4.52. The van der Waals surface area contributed by atoms with E-state index in [1.54, 1.807) is 6.26 Å². The Labute approximate surface area is 129 Å².